The van der Waals surface area contributed by atoms with Crippen molar-refractivity contribution in [2.45, 2.75) is 26.0 Å². The number of anilines is 1. The fraction of sp³-hybridized carbons (Fsp3) is 0.556. The Bertz CT molecular complexity index is 471. The van der Waals surface area contributed by atoms with Gasteiger partial charge in [0, 0.05) is 6.07 Å². The minimum Gasteiger partial charge on any atom is -0.481 e. The monoisotopic (exact) mass is 245 g/mol. The van der Waals surface area contributed by atoms with Crippen molar-refractivity contribution < 1.29 is 13.2 Å². The molecular weight excluding hydrogens is 230 g/mol. The first-order chi connectivity index (χ1) is 7.35. The van der Waals surface area contributed by atoms with Crippen LogP contribution in [0.1, 0.15) is 19.7 Å². The Morgan fingerprint density at radius 3 is 2.50 bits per heavy atom. The van der Waals surface area contributed by atoms with Crippen molar-refractivity contribution in [2.24, 2.45) is 0 Å². The van der Waals surface area contributed by atoms with Crippen LogP contribution in [0.5, 0.6) is 5.88 Å². The summed E-state index contributed by atoms with van der Waals surface area (Å²) in [5, 5.41) is -0.520. The highest BCUT2D eigenvalue weighted by atomic mass is 32.2. The van der Waals surface area contributed by atoms with Crippen molar-refractivity contribution >= 4 is 15.8 Å². The largest absolute Gasteiger partial charge is 0.481 e. The first kappa shape index (κ1) is 12.7. The van der Waals surface area contributed by atoms with Crippen LogP contribution in [0.4, 0.5) is 5.82 Å². The molecule has 0 radical (unpaired) electrons. The van der Waals surface area contributed by atoms with Gasteiger partial charge in [-0.15, -0.1) is 0 Å². The molecule has 0 saturated heterocycles. The number of hydrogen-bond donors (Lipinski definition) is 1. The predicted octanol–water partition coefficient (Wildman–Crippen LogP) is 0.944. The Morgan fingerprint density at radius 2 is 2.00 bits per heavy atom. The van der Waals surface area contributed by atoms with E-state index >= 15 is 0 Å². The van der Waals surface area contributed by atoms with Crippen LogP contribution in [0.3, 0.4) is 0 Å². The predicted molar refractivity (Wildman–Crippen MR) is 61.0 cm³/mol. The maximum atomic E-state index is 11.6. The number of nitrogens with zero attached hydrogens (tertiary/aromatic N) is 2. The number of nitrogens with one attached hydrogen (secondary N) is 1. The van der Waals surface area contributed by atoms with Crippen LogP contribution < -0.4 is 9.46 Å². The Hall–Kier alpha value is -1.37. The highest BCUT2D eigenvalue weighted by molar-refractivity contribution is 7.93. The zero-order valence-electron chi connectivity index (χ0n) is 9.68. The number of aryl methyl sites for hydroxylation is 1. The molecule has 0 aromatic carbocycles. The fourth-order valence-electron chi connectivity index (χ4n) is 0.961. The summed E-state index contributed by atoms with van der Waals surface area (Å²) in [7, 11) is -1.93. The van der Waals surface area contributed by atoms with Crippen molar-refractivity contribution in [1.29, 1.82) is 0 Å². The Labute approximate surface area is 95.1 Å². The van der Waals surface area contributed by atoms with Crippen LogP contribution in [0, 0.1) is 6.92 Å². The summed E-state index contributed by atoms with van der Waals surface area (Å²) < 4.78 is 30.5. The van der Waals surface area contributed by atoms with Crippen LogP contribution in [0.15, 0.2) is 6.07 Å². The van der Waals surface area contributed by atoms with Gasteiger partial charge in [-0.25, -0.2) is 13.4 Å². The third kappa shape index (κ3) is 3.06. The van der Waals surface area contributed by atoms with Crippen LogP contribution >= 0.6 is 0 Å². The minimum atomic E-state index is -3.39. The van der Waals surface area contributed by atoms with Gasteiger partial charge in [-0.3, -0.25) is 4.72 Å². The average Bonchev–Trinajstić information content (AvgIpc) is 2.15. The normalized spacial score (nSPS) is 11.6. The molecule has 0 aliphatic heterocycles. The van der Waals surface area contributed by atoms with Gasteiger partial charge in [-0.1, -0.05) is 0 Å². The number of sulfonamides is 1. The molecule has 7 heteroatoms. The molecular formula is C9H15N3O3S. The van der Waals surface area contributed by atoms with Crippen molar-refractivity contribution in [3.63, 3.8) is 0 Å². The zero-order valence-corrected chi connectivity index (χ0v) is 10.5. The maximum absolute atomic E-state index is 11.6. The highest BCUT2D eigenvalue weighted by Crippen LogP contribution is 2.15. The molecule has 1 heterocycles. The van der Waals surface area contributed by atoms with Crippen molar-refractivity contribution in [2.75, 3.05) is 11.8 Å². The van der Waals surface area contributed by atoms with E-state index in [-0.39, 0.29) is 5.82 Å². The average molecular weight is 245 g/mol. The first-order valence-corrected chi connectivity index (χ1v) is 6.31. The quantitative estimate of drug-likeness (QED) is 0.854. The van der Waals surface area contributed by atoms with Crippen LogP contribution in [-0.2, 0) is 10.0 Å². The molecule has 0 fully saturated rings. The number of aromatic nitrogens is 2. The van der Waals surface area contributed by atoms with E-state index in [1.807, 2.05) is 0 Å². The van der Waals surface area contributed by atoms with Gasteiger partial charge < -0.3 is 4.74 Å². The Morgan fingerprint density at radius 1 is 1.38 bits per heavy atom. The van der Waals surface area contributed by atoms with E-state index in [2.05, 4.69) is 14.7 Å². The summed E-state index contributed by atoms with van der Waals surface area (Å²) in [6.45, 7) is 4.84. The van der Waals surface area contributed by atoms with E-state index in [9.17, 15) is 8.42 Å². The molecule has 0 saturated carbocycles. The number of methoxy groups -OCH3 is 1. The molecule has 1 aromatic heterocycles. The standard InChI is InChI=1S/C9H15N3O3S/c1-6(2)16(13,14)12-8-5-9(15-4)11-7(3)10-8/h5-6H,1-4H3,(H,10,11,12). The summed E-state index contributed by atoms with van der Waals surface area (Å²) in [4.78, 5) is 7.93. The van der Waals surface area contributed by atoms with Gasteiger partial charge in [-0.2, -0.15) is 4.98 Å². The summed E-state index contributed by atoms with van der Waals surface area (Å²) in [6, 6.07) is 1.44. The second kappa shape index (κ2) is 4.65. The first-order valence-electron chi connectivity index (χ1n) is 4.76. The molecule has 0 aliphatic rings. The van der Waals surface area contributed by atoms with Crippen LogP contribution in [0.25, 0.3) is 0 Å². The molecule has 90 valence electrons. The summed E-state index contributed by atoms with van der Waals surface area (Å²) in [5.74, 6) is 0.993. The number of hydrogen-bond acceptors (Lipinski definition) is 5. The molecule has 6 nitrogen and oxygen atoms in total. The molecule has 0 unspecified atom stereocenters. The second-order valence-corrected chi connectivity index (χ2v) is 5.78. The van der Waals surface area contributed by atoms with Gasteiger partial charge in [0.05, 0.1) is 12.4 Å². The fourth-order valence-corrected chi connectivity index (χ4v) is 1.59. The minimum absolute atomic E-state index is 0.220. The molecule has 0 atom stereocenters. The summed E-state index contributed by atoms with van der Waals surface area (Å²) in [5.41, 5.74) is 0. The van der Waals surface area contributed by atoms with Gasteiger partial charge in [0.1, 0.15) is 11.6 Å². The Balaban J connectivity index is 3.02. The van der Waals surface area contributed by atoms with E-state index in [4.69, 9.17) is 4.74 Å². The topological polar surface area (TPSA) is 81.2 Å². The molecule has 1 N–H and O–H groups in total. The maximum Gasteiger partial charge on any atom is 0.236 e. The SMILES string of the molecule is COc1cc(NS(=O)(=O)C(C)C)nc(C)n1. The number of ether oxygens (including phenoxy) is 1. The lowest BCUT2D eigenvalue weighted by Gasteiger charge is -2.10. The lowest BCUT2D eigenvalue weighted by Crippen LogP contribution is -2.23. The molecule has 16 heavy (non-hydrogen) atoms. The second-order valence-electron chi connectivity index (χ2n) is 3.54. The van der Waals surface area contributed by atoms with Gasteiger partial charge in [0.15, 0.2) is 0 Å². The van der Waals surface area contributed by atoms with Crippen LogP contribution in [-0.4, -0.2) is 30.7 Å². The van der Waals surface area contributed by atoms with Gasteiger partial charge in [-0.05, 0) is 20.8 Å². The zero-order chi connectivity index (χ0) is 12.3. The number of rotatable bonds is 4. The van der Waals surface area contributed by atoms with Gasteiger partial charge >= 0.3 is 0 Å². The summed E-state index contributed by atoms with van der Waals surface area (Å²) in [6.07, 6.45) is 0. The third-order valence-electron chi connectivity index (χ3n) is 1.89. The van der Waals surface area contributed by atoms with Crippen molar-refractivity contribution in [3.05, 3.63) is 11.9 Å². The molecule has 0 amide bonds. The molecule has 0 aliphatic carbocycles. The molecule has 1 rings (SSSR count). The van der Waals surface area contributed by atoms with E-state index in [0.29, 0.717) is 11.7 Å². The Kier molecular flexibility index (Phi) is 3.69. The smallest absolute Gasteiger partial charge is 0.236 e. The lowest BCUT2D eigenvalue weighted by atomic mass is 10.5. The van der Waals surface area contributed by atoms with E-state index in [1.165, 1.54) is 13.2 Å². The third-order valence-corrected chi connectivity index (χ3v) is 3.63. The highest BCUT2D eigenvalue weighted by Gasteiger charge is 2.16. The molecule has 0 bridgehead atoms. The van der Waals surface area contributed by atoms with Crippen molar-refractivity contribution in [3.8, 4) is 5.88 Å². The van der Waals surface area contributed by atoms with Crippen molar-refractivity contribution in [1.82, 2.24) is 9.97 Å². The van der Waals surface area contributed by atoms with E-state index in [0.717, 1.165) is 0 Å². The molecule has 0 spiro atoms. The van der Waals surface area contributed by atoms with E-state index in [1.54, 1.807) is 20.8 Å². The molecule has 1 aromatic rings. The van der Waals surface area contributed by atoms with Crippen LogP contribution in [0.2, 0.25) is 0 Å². The van der Waals surface area contributed by atoms with Gasteiger partial charge in [0.2, 0.25) is 15.9 Å². The van der Waals surface area contributed by atoms with Gasteiger partial charge in [0.25, 0.3) is 0 Å². The van der Waals surface area contributed by atoms with E-state index < -0.39 is 15.3 Å². The summed E-state index contributed by atoms with van der Waals surface area (Å²) >= 11 is 0. The lowest BCUT2D eigenvalue weighted by molar-refractivity contribution is 0.396.